The van der Waals surface area contributed by atoms with Gasteiger partial charge in [-0.2, -0.15) is 0 Å². The molecule has 0 spiro atoms. The topological polar surface area (TPSA) is 65.1 Å². The largest absolute Gasteiger partial charge is 0.493 e. The Morgan fingerprint density at radius 1 is 0.913 bits per heavy atom. The number of methoxy groups -OCH3 is 2. The third kappa shape index (κ3) is 6.95. The molecule has 46 heavy (non-hydrogen) atoms. The lowest BCUT2D eigenvalue weighted by Crippen LogP contribution is -2.44. The molecule has 0 fully saturated rings. The van der Waals surface area contributed by atoms with Crippen molar-refractivity contribution < 1.29 is 23.8 Å². The average molecular weight is 667 g/mol. The van der Waals surface area contributed by atoms with Crippen LogP contribution in [0, 0.1) is 10.8 Å². The minimum Gasteiger partial charge on any atom is -0.493 e. The monoisotopic (exact) mass is 665 g/mol. The van der Waals surface area contributed by atoms with Gasteiger partial charge in [-0.3, -0.25) is 9.59 Å². The Hall–Kier alpha value is -3.06. The molecule has 1 heterocycles. The van der Waals surface area contributed by atoms with Crippen molar-refractivity contribution in [3.8, 4) is 11.5 Å². The molecule has 246 valence electrons. The molecule has 2 aromatic carbocycles. The van der Waals surface area contributed by atoms with Crippen LogP contribution in [0.15, 0.2) is 65.5 Å². The summed E-state index contributed by atoms with van der Waals surface area (Å²) in [5.74, 6) is 0.801. The molecular weight excluding hydrogens is 621 g/mol. The van der Waals surface area contributed by atoms with E-state index in [1.165, 1.54) is 0 Å². The van der Waals surface area contributed by atoms with Gasteiger partial charge in [-0.1, -0.05) is 69.1 Å². The molecule has 6 nitrogen and oxygen atoms in total. The van der Waals surface area contributed by atoms with Gasteiger partial charge >= 0.3 is 0 Å². The highest BCUT2D eigenvalue weighted by Gasteiger charge is 2.49. The fourth-order valence-electron chi connectivity index (χ4n) is 7.28. The lowest BCUT2D eigenvalue weighted by atomic mass is 9.63. The molecule has 0 saturated heterocycles. The van der Waals surface area contributed by atoms with Gasteiger partial charge in [-0.05, 0) is 60.3 Å². The smallest absolute Gasteiger partial charge is 0.165 e. The number of ketones is 2. The molecule has 0 aromatic heterocycles. The second-order valence-corrected chi connectivity index (χ2v) is 15.1. The predicted octanol–water partition coefficient (Wildman–Crippen LogP) is 9.03. The summed E-state index contributed by atoms with van der Waals surface area (Å²) in [5.41, 5.74) is 5.64. The first-order valence-corrected chi connectivity index (χ1v) is 16.7. The number of carbonyl (C=O) groups is 2. The normalized spacial score (nSPS) is 19.3. The van der Waals surface area contributed by atoms with Gasteiger partial charge in [0.1, 0.15) is 6.61 Å². The molecule has 0 atom stereocenters. The first-order chi connectivity index (χ1) is 21.8. The number of rotatable bonds is 11. The predicted molar refractivity (Wildman–Crippen MR) is 184 cm³/mol. The van der Waals surface area contributed by atoms with Gasteiger partial charge in [-0.25, -0.2) is 0 Å². The second-order valence-electron chi connectivity index (χ2n) is 14.3. The summed E-state index contributed by atoms with van der Waals surface area (Å²) in [6.07, 6.45) is 5.47. The van der Waals surface area contributed by atoms with Crippen LogP contribution in [0.3, 0.4) is 0 Å². The van der Waals surface area contributed by atoms with Crippen LogP contribution in [-0.2, 0) is 27.4 Å². The van der Waals surface area contributed by atoms with Crippen molar-refractivity contribution >= 4 is 34.8 Å². The number of hydrogen-bond acceptors (Lipinski definition) is 6. The van der Waals surface area contributed by atoms with Crippen LogP contribution in [0.5, 0.6) is 11.5 Å². The number of halogens is 2. The molecular formula is C38H45Cl2NO5. The molecule has 8 heteroatoms. The van der Waals surface area contributed by atoms with Gasteiger partial charge in [0.25, 0.3) is 0 Å². The van der Waals surface area contributed by atoms with E-state index in [0.717, 1.165) is 58.5 Å². The van der Waals surface area contributed by atoms with Crippen molar-refractivity contribution in [3.63, 3.8) is 0 Å². The second kappa shape index (κ2) is 13.6. The Morgan fingerprint density at radius 3 is 2.09 bits per heavy atom. The van der Waals surface area contributed by atoms with Gasteiger partial charge in [0.05, 0.1) is 7.11 Å². The van der Waals surface area contributed by atoms with Crippen LogP contribution in [0.1, 0.15) is 82.4 Å². The summed E-state index contributed by atoms with van der Waals surface area (Å²) in [6.45, 7) is 14.1. The zero-order chi connectivity index (χ0) is 33.4. The number of carbonyl (C=O) groups excluding carboxylic acids is 2. The molecule has 0 radical (unpaired) electrons. The highest BCUT2D eigenvalue weighted by Crippen LogP contribution is 2.55. The quantitative estimate of drug-likeness (QED) is 0.176. The highest BCUT2D eigenvalue weighted by atomic mass is 35.5. The summed E-state index contributed by atoms with van der Waals surface area (Å²) < 4.78 is 17.7. The zero-order valence-electron chi connectivity index (χ0n) is 27.9. The Balaban J connectivity index is 1.68. The van der Waals surface area contributed by atoms with Crippen molar-refractivity contribution in [1.29, 1.82) is 0 Å². The van der Waals surface area contributed by atoms with Crippen molar-refractivity contribution in [3.05, 3.63) is 92.3 Å². The van der Waals surface area contributed by atoms with Crippen LogP contribution in [0.2, 0.25) is 10.0 Å². The highest BCUT2D eigenvalue weighted by molar-refractivity contribution is 6.35. The summed E-state index contributed by atoms with van der Waals surface area (Å²) >= 11 is 12.6. The molecule has 2 aromatic rings. The van der Waals surface area contributed by atoms with E-state index < -0.39 is 5.92 Å². The number of nitrogens with zero attached hydrogens (tertiary/aromatic N) is 1. The van der Waals surface area contributed by atoms with Crippen LogP contribution in [0.4, 0.5) is 0 Å². The Kier molecular flexibility index (Phi) is 10.1. The molecule has 0 N–H and O–H groups in total. The Bertz CT molecular complexity index is 1560. The van der Waals surface area contributed by atoms with Crippen LogP contribution < -0.4 is 9.47 Å². The number of hydrogen-bond donors (Lipinski definition) is 0. The number of benzene rings is 2. The molecule has 3 aliphatic rings. The molecule has 2 aliphatic carbocycles. The van der Waals surface area contributed by atoms with Crippen LogP contribution in [-0.4, -0.2) is 43.8 Å². The molecule has 0 bridgehead atoms. The molecule has 1 aliphatic heterocycles. The average Bonchev–Trinajstić information content (AvgIpc) is 2.96. The van der Waals surface area contributed by atoms with Crippen molar-refractivity contribution in [2.24, 2.45) is 10.8 Å². The third-order valence-electron chi connectivity index (χ3n) is 9.21. The number of Topliss-reactive ketones (excluding diaryl/α,β-unsaturated/α-hetero) is 2. The third-order valence-corrected chi connectivity index (χ3v) is 9.80. The molecule has 5 rings (SSSR count). The van der Waals surface area contributed by atoms with E-state index in [1.807, 2.05) is 18.2 Å². The van der Waals surface area contributed by atoms with Gasteiger partial charge < -0.3 is 19.1 Å². The van der Waals surface area contributed by atoms with Crippen molar-refractivity contribution in [2.45, 2.75) is 78.7 Å². The fraction of sp³-hybridized carbons (Fsp3) is 0.474. The fourth-order valence-corrected chi connectivity index (χ4v) is 7.74. The van der Waals surface area contributed by atoms with E-state index in [4.69, 9.17) is 37.4 Å². The van der Waals surface area contributed by atoms with E-state index in [1.54, 1.807) is 26.4 Å². The Morgan fingerprint density at radius 2 is 1.54 bits per heavy atom. The zero-order valence-corrected chi connectivity index (χ0v) is 29.4. The van der Waals surface area contributed by atoms with Crippen molar-refractivity contribution in [1.82, 2.24) is 4.90 Å². The van der Waals surface area contributed by atoms with E-state index in [0.29, 0.717) is 54.0 Å². The maximum absolute atomic E-state index is 14.2. The number of allylic oxidation sites excluding steroid dienone is 5. The van der Waals surface area contributed by atoms with Gasteiger partial charge in [0.2, 0.25) is 0 Å². The van der Waals surface area contributed by atoms with E-state index >= 15 is 0 Å². The summed E-state index contributed by atoms with van der Waals surface area (Å²) in [7, 11) is 3.31. The first kappa shape index (κ1) is 34.3. The standard InChI is InChI=1S/C38H45Cl2NO5/c1-8-10-23-15-25(16-32(45-7)36(23)46-22-24-11-12-26(39)17-27(24)40)33-34-28(18-37(2,3)20-30(34)42)41(13-9-14-44-6)29-19-38(4,5)21-31(43)35(29)33/h8,11-12,15-17,33H,1,9-10,13-14,18-22H2,2-7H3. The van der Waals surface area contributed by atoms with E-state index in [-0.39, 0.29) is 29.0 Å². The summed E-state index contributed by atoms with van der Waals surface area (Å²) in [6, 6.07) is 9.30. The maximum atomic E-state index is 14.2. The van der Waals surface area contributed by atoms with E-state index in [9.17, 15) is 9.59 Å². The minimum atomic E-state index is -0.492. The van der Waals surface area contributed by atoms with Gasteiger partial charge in [-0.15, -0.1) is 6.58 Å². The lowest BCUT2D eigenvalue weighted by molar-refractivity contribution is -0.119. The molecule has 0 saturated carbocycles. The maximum Gasteiger partial charge on any atom is 0.165 e. The van der Waals surface area contributed by atoms with Crippen LogP contribution in [0.25, 0.3) is 0 Å². The van der Waals surface area contributed by atoms with Crippen LogP contribution >= 0.6 is 23.2 Å². The van der Waals surface area contributed by atoms with Gasteiger partial charge in [0, 0.05) is 82.7 Å². The Labute approximate surface area is 283 Å². The van der Waals surface area contributed by atoms with Crippen molar-refractivity contribution in [2.75, 3.05) is 27.4 Å². The van der Waals surface area contributed by atoms with E-state index in [2.05, 4.69) is 45.2 Å². The summed E-state index contributed by atoms with van der Waals surface area (Å²) in [5, 5.41) is 1.07. The SMILES string of the molecule is C=CCc1cc(C2C3=C(CC(C)(C)CC3=O)N(CCCOC)C3=C2C(=O)CC(C)(C)C3)cc(OC)c1OCc1ccc(Cl)cc1Cl. The lowest BCUT2D eigenvalue weighted by Gasteiger charge is -2.49. The molecule has 0 unspecified atom stereocenters. The molecule has 0 amide bonds. The summed E-state index contributed by atoms with van der Waals surface area (Å²) in [4.78, 5) is 30.7. The van der Waals surface area contributed by atoms with Gasteiger partial charge in [0.15, 0.2) is 23.1 Å². The number of ether oxygens (including phenoxy) is 3. The first-order valence-electron chi connectivity index (χ1n) is 16.0. The minimum absolute atomic E-state index is 0.0964.